The van der Waals surface area contributed by atoms with Crippen molar-refractivity contribution in [2.24, 2.45) is 22.7 Å². The van der Waals surface area contributed by atoms with E-state index < -0.39 is 0 Å². The Morgan fingerprint density at radius 1 is 1.53 bits per heavy atom. The number of nitriles is 1. The number of carbonyl (C=O) groups is 1. The van der Waals surface area contributed by atoms with Crippen LogP contribution in [-0.4, -0.2) is 17.8 Å². The third-order valence-corrected chi connectivity index (χ3v) is 6.81. The zero-order valence-corrected chi connectivity index (χ0v) is 13.0. The molecular weight excluding hydrogens is 258 g/mol. The molecule has 0 N–H and O–H groups in total. The molecule has 0 aromatic heterocycles. The summed E-state index contributed by atoms with van der Waals surface area (Å²) >= 11 is 1.09. The lowest BCUT2D eigenvalue weighted by atomic mass is 9.66. The van der Waals surface area contributed by atoms with E-state index >= 15 is 0 Å². The second-order valence-electron chi connectivity index (χ2n) is 6.60. The second-order valence-corrected chi connectivity index (χ2v) is 7.52. The van der Waals surface area contributed by atoms with Crippen molar-refractivity contribution in [3.05, 3.63) is 0 Å². The van der Waals surface area contributed by atoms with Crippen LogP contribution in [0.4, 0.5) is 0 Å². The van der Waals surface area contributed by atoms with E-state index in [0.29, 0.717) is 12.5 Å². The molecule has 0 aromatic rings. The molecule has 0 spiro atoms. The van der Waals surface area contributed by atoms with Crippen LogP contribution in [0.5, 0.6) is 0 Å². The van der Waals surface area contributed by atoms with Gasteiger partial charge in [0.05, 0.1) is 6.61 Å². The maximum absolute atomic E-state index is 12.2. The predicted molar refractivity (Wildman–Crippen MR) is 76.3 cm³/mol. The van der Waals surface area contributed by atoms with E-state index in [2.05, 4.69) is 26.2 Å². The van der Waals surface area contributed by atoms with Crippen LogP contribution < -0.4 is 0 Å². The van der Waals surface area contributed by atoms with E-state index in [9.17, 15) is 4.79 Å². The van der Waals surface area contributed by atoms with E-state index in [1.807, 2.05) is 6.92 Å². The van der Waals surface area contributed by atoms with Crippen molar-refractivity contribution in [1.29, 1.82) is 5.26 Å². The lowest BCUT2D eigenvalue weighted by Gasteiger charge is -2.41. The topological polar surface area (TPSA) is 50.1 Å². The van der Waals surface area contributed by atoms with Crippen molar-refractivity contribution in [2.45, 2.75) is 52.2 Å². The molecule has 0 aliphatic heterocycles. The summed E-state index contributed by atoms with van der Waals surface area (Å²) in [7, 11) is 0. The van der Waals surface area contributed by atoms with Gasteiger partial charge in [-0.05, 0) is 60.6 Å². The van der Waals surface area contributed by atoms with Crippen LogP contribution in [0.3, 0.4) is 0 Å². The van der Waals surface area contributed by atoms with Gasteiger partial charge in [0, 0.05) is 0 Å². The molecule has 2 bridgehead atoms. The molecule has 2 rings (SSSR count). The van der Waals surface area contributed by atoms with Crippen LogP contribution in [0.1, 0.15) is 47.0 Å². The Labute approximate surface area is 120 Å². The molecule has 19 heavy (non-hydrogen) atoms. The number of esters is 1. The van der Waals surface area contributed by atoms with Crippen LogP contribution in [0.15, 0.2) is 0 Å². The van der Waals surface area contributed by atoms with Crippen LogP contribution in [-0.2, 0) is 9.53 Å². The van der Waals surface area contributed by atoms with Gasteiger partial charge in [-0.1, -0.05) is 20.8 Å². The van der Waals surface area contributed by atoms with Crippen molar-refractivity contribution in [2.75, 3.05) is 6.61 Å². The van der Waals surface area contributed by atoms with Gasteiger partial charge in [0.2, 0.25) is 0 Å². The first-order valence-electron chi connectivity index (χ1n) is 7.10. The largest absolute Gasteiger partial charge is 0.465 e. The smallest absolute Gasteiger partial charge is 0.320 e. The van der Waals surface area contributed by atoms with Gasteiger partial charge in [-0.15, -0.1) is 0 Å². The summed E-state index contributed by atoms with van der Waals surface area (Å²) in [5, 5.41) is 10.8. The van der Waals surface area contributed by atoms with Crippen molar-refractivity contribution >= 4 is 17.7 Å². The first-order chi connectivity index (χ1) is 8.88. The van der Waals surface area contributed by atoms with Gasteiger partial charge in [-0.2, -0.15) is 5.26 Å². The van der Waals surface area contributed by atoms with Gasteiger partial charge < -0.3 is 4.74 Å². The molecule has 2 unspecified atom stereocenters. The SMILES string of the molecule is CCOC(=O)C(SC#N)C1C[C@H]2CC[C@@]1(C)C2(C)C. The molecule has 106 valence electrons. The highest BCUT2D eigenvalue weighted by molar-refractivity contribution is 8.04. The molecule has 0 radical (unpaired) electrons. The molecule has 2 fully saturated rings. The van der Waals surface area contributed by atoms with Crippen LogP contribution in [0.25, 0.3) is 0 Å². The minimum absolute atomic E-state index is 0.152. The highest BCUT2D eigenvalue weighted by Crippen LogP contribution is 2.69. The molecule has 4 heteroatoms. The second kappa shape index (κ2) is 5.01. The Bertz CT molecular complexity index is 415. The summed E-state index contributed by atoms with van der Waals surface area (Å²) in [6.45, 7) is 9.15. The fourth-order valence-corrected chi connectivity index (χ4v) is 5.15. The lowest BCUT2D eigenvalue weighted by molar-refractivity contribution is -0.144. The average molecular weight is 281 g/mol. The summed E-state index contributed by atoms with van der Waals surface area (Å²) in [5.41, 5.74) is 0.414. The Balaban J connectivity index is 2.25. The van der Waals surface area contributed by atoms with E-state index in [1.165, 1.54) is 6.42 Å². The Morgan fingerprint density at radius 2 is 2.21 bits per heavy atom. The fourth-order valence-electron chi connectivity index (χ4n) is 4.30. The number of carbonyl (C=O) groups excluding carboxylic acids is 1. The number of fused-ring (bicyclic) bond motifs is 2. The molecular formula is C15H23NO2S. The van der Waals surface area contributed by atoms with Gasteiger partial charge in [-0.25, -0.2) is 0 Å². The number of hydrogen-bond acceptors (Lipinski definition) is 4. The average Bonchev–Trinajstić information content (AvgIpc) is 2.68. The minimum atomic E-state index is -0.320. The standard InChI is InChI=1S/C15H23NO2S/c1-5-18-13(17)12(19-9-16)11-8-10-6-7-15(11,4)14(10,2)3/h10-12H,5-8H2,1-4H3/t10-,11?,12?,15-/m1/s1. The van der Waals surface area contributed by atoms with Gasteiger partial charge in [-0.3, -0.25) is 4.79 Å². The highest BCUT2D eigenvalue weighted by Gasteiger charge is 2.63. The van der Waals surface area contributed by atoms with Crippen molar-refractivity contribution in [3.63, 3.8) is 0 Å². The quantitative estimate of drug-likeness (QED) is 0.583. The Morgan fingerprint density at radius 3 is 2.63 bits per heavy atom. The number of ether oxygens (including phenoxy) is 1. The molecule has 3 nitrogen and oxygen atoms in total. The first kappa shape index (κ1) is 14.7. The Hall–Kier alpha value is -0.690. The monoisotopic (exact) mass is 281 g/mol. The number of nitrogens with zero attached hydrogens (tertiary/aromatic N) is 1. The summed E-state index contributed by atoms with van der Waals surface area (Å²) in [4.78, 5) is 12.2. The number of thioether (sulfide) groups is 1. The molecule has 0 saturated heterocycles. The maximum Gasteiger partial charge on any atom is 0.320 e. The van der Waals surface area contributed by atoms with E-state index in [4.69, 9.17) is 10.00 Å². The Kier molecular flexibility index (Phi) is 3.88. The third kappa shape index (κ3) is 2.07. The third-order valence-electron chi connectivity index (χ3n) is 5.93. The summed E-state index contributed by atoms with van der Waals surface area (Å²) < 4.78 is 5.18. The number of thiocyanates is 1. The maximum atomic E-state index is 12.2. The zero-order valence-electron chi connectivity index (χ0n) is 12.2. The lowest BCUT2D eigenvalue weighted by Crippen LogP contribution is -2.40. The molecule has 0 aromatic carbocycles. The van der Waals surface area contributed by atoms with Gasteiger partial charge in [0.25, 0.3) is 0 Å². The van der Waals surface area contributed by atoms with Gasteiger partial charge >= 0.3 is 5.97 Å². The fraction of sp³-hybridized carbons (Fsp3) is 0.867. The minimum Gasteiger partial charge on any atom is -0.465 e. The molecule has 2 aliphatic carbocycles. The van der Waals surface area contributed by atoms with Crippen molar-refractivity contribution in [3.8, 4) is 5.40 Å². The molecule has 2 saturated carbocycles. The first-order valence-corrected chi connectivity index (χ1v) is 7.97. The van der Waals surface area contributed by atoms with Crippen molar-refractivity contribution < 1.29 is 9.53 Å². The summed E-state index contributed by atoms with van der Waals surface area (Å²) in [5.74, 6) is 0.743. The normalized spacial score (nSPS) is 36.8. The van der Waals surface area contributed by atoms with Gasteiger partial charge in [0.1, 0.15) is 10.7 Å². The van der Waals surface area contributed by atoms with E-state index in [-0.39, 0.29) is 28.0 Å². The molecule has 4 atom stereocenters. The molecule has 2 aliphatic rings. The molecule has 0 heterocycles. The van der Waals surface area contributed by atoms with E-state index in [1.54, 1.807) is 0 Å². The van der Waals surface area contributed by atoms with Crippen LogP contribution >= 0.6 is 11.8 Å². The van der Waals surface area contributed by atoms with Crippen molar-refractivity contribution in [1.82, 2.24) is 0 Å². The van der Waals surface area contributed by atoms with Crippen LogP contribution in [0.2, 0.25) is 0 Å². The number of hydrogen-bond donors (Lipinski definition) is 0. The summed E-state index contributed by atoms with van der Waals surface area (Å²) in [6.07, 6.45) is 3.48. The number of rotatable bonds is 4. The van der Waals surface area contributed by atoms with E-state index in [0.717, 1.165) is 24.6 Å². The zero-order chi connectivity index (χ0) is 14.3. The molecule has 0 amide bonds. The summed E-state index contributed by atoms with van der Waals surface area (Å²) in [6, 6.07) is 0. The van der Waals surface area contributed by atoms with Gasteiger partial charge in [0.15, 0.2) is 0 Å². The highest BCUT2D eigenvalue weighted by atomic mass is 32.2. The predicted octanol–water partition coefficient (Wildman–Crippen LogP) is 3.59. The van der Waals surface area contributed by atoms with Crippen LogP contribution in [0, 0.1) is 33.3 Å².